The quantitative estimate of drug-likeness (QED) is 0.863. The highest BCUT2D eigenvalue weighted by atomic mass is 16.5. The van der Waals surface area contributed by atoms with Gasteiger partial charge in [-0.1, -0.05) is 36.4 Å². The van der Waals surface area contributed by atoms with Crippen molar-refractivity contribution in [3.63, 3.8) is 0 Å². The van der Waals surface area contributed by atoms with Gasteiger partial charge in [0.2, 0.25) is 11.8 Å². The molecular weight excluding hydrogens is 328 g/mol. The van der Waals surface area contributed by atoms with Crippen LogP contribution >= 0.6 is 0 Å². The van der Waals surface area contributed by atoms with Crippen molar-refractivity contribution in [1.29, 1.82) is 0 Å². The smallest absolute Gasteiger partial charge is 0.240 e. The minimum atomic E-state index is -0.923. The van der Waals surface area contributed by atoms with E-state index in [9.17, 15) is 9.59 Å². The fraction of sp³-hybridized carbons (Fsp3) is 0.333. The molecule has 1 heterocycles. The number of anilines is 1. The van der Waals surface area contributed by atoms with Gasteiger partial charge in [0.1, 0.15) is 11.2 Å². The minimum absolute atomic E-state index is 0.0561. The van der Waals surface area contributed by atoms with Crippen LogP contribution in [-0.4, -0.2) is 30.4 Å². The molecule has 2 amide bonds. The second-order valence-electron chi connectivity index (χ2n) is 6.98. The summed E-state index contributed by atoms with van der Waals surface area (Å²) in [6.45, 7) is 1.25. The van der Waals surface area contributed by atoms with E-state index in [1.54, 1.807) is 19.2 Å². The molecule has 2 aliphatic rings. The fourth-order valence-corrected chi connectivity index (χ4v) is 3.62. The molecule has 2 aromatic rings. The number of carbonyl (C=O) groups excluding carboxylic acids is 2. The van der Waals surface area contributed by atoms with E-state index in [1.165, 1.54) is 11.1 Å². The van der Waals surface area contributed by atoms with Crippen molar-refractivity contribution in [2.24, 2.45) is 5.41 Å². The zero-order chi connectivity index (χ0) is 18.1. The van der Waals surface area contributed by atoms with Crippen molar-refractivity contribution >= 4 is 17.5 Å². The van der Waals surface area contributed by atoms with Crippen molar-refractivity contribution in [1.82, 2.24) is 4.90 Å². The average Bonchev–Trinajstić information content (AvgIpc) is 3.49. The number of amides is 2. The summed E-state index contributed by atoms with van der Waals surface area (Å²) in [5.41, 5.74) is 2.14. The van der Waals surface area contributed by atoms with Gasteiger partial charge in [-0.25, -0.2) is 0 Å². The summed E-state index contributed by atoms with van der Waals surface area (Å²) in [5.74, 6) is 0.307. The Bertz CT molecular complexity index is 858. The molecule has 5 nitrogen and oxygen atoms in total. The second-order valence-corrected chi connectivity index (χ2v) is 6.98. The van der Waals surface area contributed by atoms with Crippen molar-refractivity contribution in [2.45, 2.75) is 25.8 Å². The predicted molar refractivity (Wildman–Crippen MR) is 98.9 cm³/mol. The Morgan fingerprint density at radius 1 is 1.04 bits per heavy atom. The van der Waals surface area contributed by atoms with Crippen molar-refractivity contribution in [3.05, 3.63) is 59.7 Å². The number of benzene rings is 2. The number of carbonyl (C=O) groups is 2. The minimum Gasteiger partial charge on any atom is -0.495 e. The van der Waals surface area contributed by atoms with Crippen LogP contribution < -0.4 is 10.1 Å². The van der Waals surface area contributed by atoms with E-state index < -0.39 is 5.41 Å². The summed E-state index contributed by atoms with van der Waals surface area (Å²) in [6.07, 6.45) is 2.04. The third-order valence-corrected chi connectivity index (χ3v) is 5.37. The first-order valence-electron chi connectivity index (χ1n) is 8.95. The van der Waals surface area contributed by atoms with Gasteiger partial charge in [-0.15, -0.1) is 0 Å². The van der Waals surface area contributed by atoms with E-state index in [4.69, 9.17) is 4.74 Å². The van der Waals surface area contributed by atoms with Gasteiger partial charge < -0.3 is 15.0 Å². The highest BCUT2D eigenvalue weighted by molar-refractivity contribution is 6.13. The Hall–Kier alpha value is -2.82. The van der Waals surface area contributed by atoms with Crippen LogP contribution in [0.3, 0.4) is 0 Å². The molecule has 0 spiro atoms. The molecule has 0 radical (unpaired) electrons. The monoisotopic (exact) mass is 350 g/mol. The predicted octanol–water partition coefficient (Wildman–Crippen LogP) is 3.00. The molecule has 5 heteroatoms. The summed E-state index contributed by atoms with van der Waals surface area (Å²) in [7, 11) is 1.56. The van der Waals surface area contributed by atoms with Crippen molar-refractivity contribution in [3.8, 4) is 5.75 Å². The molecule has 1 saturated carbocycles. The van der Waals surface area contributed by atoms with Crippen LogP contribution in [0.1, 0.15) is 24.0 Å². The molecule has 0 aromatic heterocycles. The van der Waals surface area contributed by atoms with Gasteiger partial charge in [0.15, 0.2) is 0 Å². The fourth-order valence-electron chi connectivity index (χ4n) is 3.62. The van der Waals surface area contributed by atoms with Crippen LogP contribution in [0, 0.1) is 5.41 Å². The number of fused-ring (bicyclic) bond motifs is 1. The second kappa shape index (κ2) is 6.48. The van der Waals surface area contributed by atoms with Crippen LogP contribution in [0.25, 0.3) is 0 Å². The maximum absolute atomic E-state index is 13.1. The largest absolute Gasteiger partial charge is 0.495 e. The molecule has 1 N–H and O–H groups in total. The number of ether oxygens (including phenoxy) is 1. The average molecular weight is 350 g/mol. The molecule has 0 atom stereocenters. The lowest BCUT2D eigenvalue weighted by atomic mass is 9.97. The summed E-state index contributed by atoms with van der Waals surface area (Å²) in [5, 5.41) is 2.89. The number of hydrogen-bond acceptors (Lipinski definition) is 3. The molecule has 1 fully saturated rings. The van der Waals surface area contributed by atoms with Gasteiger partial charge in [-0.2, -0.15) is 0 Å². The first-order valence-corrected chi connectivity index (χ1v) is 8.95. The van der Waals surface area contributed by atoms with Crippen LogP contribution in [0.15, 0.2) is 48.5 Å². The van der Waals surface area contributed by atoms with Gasteiger partial charge in [-0.05, 0) is 42.5 Å². The Kier molecular flexibility index (Phi) is 4.15. The maximum Gasteiger partial charge on any atom is 0.240 e. The van der Waals surface area contributed by atoms with Crippen molar-refractivity contribution < 1.29 is 14.3 Å². The summed E-state index contributed by atoms with van der Waals surface area (Å²) >= 11 is 0. The topological polar surface area (TPSA) is 58.6 Å². The van der Waals surface area contributed by atoms with E-state index in [1.807, 2.05) is 29.2 Å². The number of para-hydroxylation sites is 2. The SMILES string of the molecule is COc1ccccc1NC(=O)C1(C(=O)N2CCc3ccccc3C2)CC1. The van der Waals surface area contributed by atoms with Crippen LogP contribution in [0.5, 0.6) is 5.75 Å². The Balaban J connectivity index is 1.50. The highest BCUT2D eigenvalue weighted by Crippen LogP contribution is 2.49. The molecule has 26 heavy (non-hydrogen) atoms. The summed E-state index contributed by atoms with van der Waals surface area (Å²) < 4.78 is 5.29. The normalized spacial score (nSPS) is 17.2. The first kappa shape index (κ1) is 16.6. The van der Waals surface area contributed by atoms with Gasteiger partial charge in [0, 0.05) is 13.1 Å². The lowest BCUT2D eigenvalue weighted by Gasteiger charge is -2.31. The number of rotatable bonds is 4. The maximum atomic E-state index is 13.1. The molecule has 134 valence electrons. The van der Waals surface area contributed by atoms with Crippen LogP contribution in [0.4, 0.5) is 5.69 Å². The Labute approximate surface area is 153 Å². The standard InChI is InChI=1S/C21H22N2O3/c1-26-18-9-5-4-8-17(18)22-19(24)21(11-12-21)20(25)23-13-10-15-6-2-3-7-16(15)14-23/h2-9H,10-14H2,1H3,(H,22,24). The molecular formula is C21H22N2O3. The van der Waals surface area contributed by atoms with E-state index in [0.29, 0.717) is 37.4 Å². The summed E-state index contributed by atoms with van der Waals surface area (Å²) in [6, 6.07) is 15.4. The molecule has 0 bridgehead atoms. The summed E-state index contributed by atoms with van der Waals surface area (Å²) in [4.78, 5) is 27.8. The Morgan fingerprint density at radius 2 is 1.73 bits per heavy atom. The van der Waals surface area contributed by atoms with Gasteiger partial charge in [0.25, 0.3) is 0 Å². The van der Waals surface area contributed by atoms with Crippen molar-refractivity contribution in [2.75, 3.05) is 19.0 Å². The van der Waals surface area contributed by atoms with E-state index in [2.05, 4.69) is 17.4 Å². The zero-order valence-electron chi connectivity index (χ0n) is 14.8. The molecule has 4 rings (SSSR count). The first-order chi connectivity index (χ1) is 12.6. The molecule has 1 aliphatic heterocycles. The third-order valence-electron chi connectivity index (χ3n) is 5.37. The number of methoxy groups -OCH3 is 1. The van der Waals surface area contributed by atoms with Gasteiger partial charge in [0.05, 0.1) is 12.8 Å². The lowest BCUT2D eigenvalue weighted by molar-refractivity contribution is -0.143. The molecule has 2 aromatic carbocycles. The number of nitrogens with zero attached hydrogens (tertiary/aromatic N) is 1. The zero-order valence-corrected chi connectivity index (χ0v) is 14.8. The number of nitrogens with one attached hydrogen (secondary N) is 1. The highest BCUT2D eigenvalue weighted by Gasteiger charge is 2.58. The van der Waals surface area contributed by atoms with Crippen LogP contribution in [-0.2, 0) is 22.6 Å². The third kappa shape index (κ3) is 2.83. The molecule has 0 unspecified atom stereocenters. The molecule has 0 saturated heterocycles. The Morgan fingerprint density at radius 3 is 2.46 bits per heavy atom. The van der Waals surface area contributed by atoms with E-state index in [0.717, 1.165) is 6.42 Å². The number of hydrogen-bond donors (Lipinski definition) is 1. The van der Waals surface area contributed by atoms with E-state index in [-0.39, 0.29) is 11.8 Å². The van der Waals surface area contributed by atoms with E-state index >= 15 is 0 Å². The van der Waals surface area contributed by atoms with Gasteiger partial charge >= 0.3 is 0 Å². The lowest BCUT2D eigenvalue weighted by Crippen LogP contribution is -2.45. The van der Waals surface area contributed by atoms with Gasteiger partial charge in [-0.3, -0.25) is 9.59 Å². The van der Waals surface area contributed by atoms with Crippen LogP contribution in [0.2, 0.25) is 0 Å². The molecule has 1 aliphatic carbocycles.